The molecule has 8 nitrogen and oxygen atoms in total. The summed E-state index contributed by atoms with van der Waals surface area (Å²) in [4.78, 5) is 10.3. The maximum atomic E-state index is 10.9. The zero-order chi connectivity index (χ0) is 13.1. The number of hydrogen-bond donors (Lipinski definition) is 1. The van der Waals surface area contributed by atoms with Gasteiger partial charge in [0, 0.05) is 11.6 Å². The number of hydrogen-bond acceptors (Lipinski definition) is 7. The van der Waals surface area contributed by atoms with Crippen LogP contribution in [0.15, 0.2) is 22.6 Å². The minimum atomic E-state index is -0.539. The molecule has 2 aromatic rings. The summed E-state index contributed by atoms with van der Waals surface area (Å²) in [6.45, 7) is 0.116. The van der Waals surface area contributed by atoms with E-state index < -0.39 is 4.92 Å². The first-order valence-electron chi connectivity index (χ1n) is 5.01. The molecule has 0 saturated carbocycles. The molecule has 18 heavy (non-hydrogen) atoms. The second kappa shape index (κ2) is 4.80. The molecular weight excluding hydrogens is 240 g/mol. The van der Waals surface area contributed by atoms with E-state index in [1.165, 1.54) is 19.2 Å². The van der Waals surface area contributed by atoms with Gasteiger partial charge >= 0.3 is 5.69 Å². The first-order chi connectivity index (χ1) is 8.65. The normalized spacial score (nSPS) is 10.3. The molecule has 0 saturated heterocycles. The molecule has 0 aliphatic rings. The van der Waals surface area contributed by atoms with E-state index in [-0.39, 0.29) is 29.8 Å². The van der Waals surface area contributed by atoms with Crippen LogP contribution in [0.25, 0.3) is 11.5 Å². The first kappa shape index (κ1) is 12.0. The molecule has 0 aliphatic heterocycles. The summed E-state index contributed by atoms with van der Waals surface area (Å²) in [6, 6.07) is 4.38. The maximum absolute atomic E-state index is 10.9. The van der Waals surface area contributed by atoms with Crippen LogP contribution in [-0.4, -0.2) is 22.2 Å². The third-order valence-electron chi connectivity index (χ3n) is 2.26. The Morgan fingerprint density at radius 3 is 2.83 bits per heavy atom. The number of nitrogens with two attached hydrogens (primary N) is 1. The number of methoxy groups -OCH3 is 1. The summed E-state index contributed by atoms with van der Waals surface area (Å²) in [5, 5.41) is 18.3. The molecule has 2 N–H and O–H groups in total. The molecule has 0 amide bonds. The molecule has 0 unspecified atom stereocenters. The zero-order valence-electron chi connectivity index (χ0n) is 9.49. The monoisotopic (exact) mass is 250 g/mol. The van der Waals surface area contributed by atoms with E-state index >= 15 is 0 Å². The van der Waals surface area contributed by atoms with Crippen molar-refractivity contribution < 1.29 is 14.1 Å². The minimum absolute atomic E-state index is 0.116. The second-order valence-corrected chi connectivity index (χ2v) is 3.35. The summed E-state index contributed by atoms with van der Waals surface area (Å²) >= 11 is 0. The van der Waals surface area contributed by atoms with E-state index in [2.05, 4.69) is 10.2 Å². The number of nitro benzene ring substituents is 1. The Morgan fingerprint density at radius 1 is 1.50 bits per heavy atom. The van der Waals surface area contributed by atoms with Gasteiger partial charge in [-0.05, 0) is 12.1 Å². The van der Waals surface area contributed by atoms with Gasteiger partial charge in [-0.15, -0.1) is 10.2 Å². The van der Waals surface area contributed by atoms with Crippen LogP contribution in [0.5, 0.6) is 5.75 Å². The average molecular weight is 250 g/mol. The fraction of sp³-hybridized carbons (Fsp3) is 0.200. The molecule has 0 aliphatic carbocycles. The van der Waals surface area contributed by atoms with Gasteiger partial charge in [-0.3, -0.25) is 10.1 Å². The van der Waals surface area contributed by atoms with Crippen LogP contribution in [0, 0.1) is 10.1 Å². The lowest BCUT2D eigenvalue weighted by Gasteiger charge is -2.02. The molecule has 0 spiro atoms. The van der Waals surface area contributed by atoms with Gasteiger partial charge in [0.2, 0.25) is 11.8 Å². The first-order valence-corrected chi connectivity index (χ1v) is 5.01. The standard InChI is InChI=1S/C10H10N4O4/c1-17-8-3-2-6(4-7(8)14(15)16)10-13-12-9(5-11)18-10/h2-4H,5,11H2,1H3. The Hall–Kier alpha value is -2.48. The quantitative estimate of drug-likeness (QED) is 0.637. The molecule has 2 rings (SSSR count). The lowest BCUT2D eigenvalue weighted by atomic mass is 10.2. The van der Waals surface area contributed by atoms with E-state index in [4.69, 9.17) is 14.9 Å². The highest BCUT2D eigenvalue weighted by Crippen LogP contribution is 2.31. The van der Waals surface area contributed by atoms with Crippen molar-refractivity contribution in [3.63, 3.8) is 0 Å². The van der Waals surface area contributed by atoms with Gasteiger partial charge in [0.15, 0.2) is 5.75 Å². The lowest BCUT2D eigenvalue weighted by Crippen LogP contribution is -1.95. The van der Waals surface area contributed by atoms with Gasteiger partial charge in [0.1, 0.15) is 0 Å². The van der Waals surface area contributed by atoms with Crippen molar-refractivity contribution in [2.24, 2.45) is 5.73 Å². The fourth-order valence-electron chi connectivity index (χ4n) is 1.42. The Bertz CT molecular complexity index is 581. The highest BCUT2D eigenvalue weighted by Gasteiger charge is 2.18. The van der Waals surface area contributed by atoms with Crippen LogP contribution < -0.4 is 10.5 Å². The Balaban J connectivity index is 2.46. The maximum Gasteiger partial charge on any atom is 0.311 e. The molecule has 8 heteroatoms. The summed E-state index contributed by atoms with van der Waals surface area (Å²) in [6.07, 6.45) is 0. The summed E-state index contributed by atoms with van der Waals surface area (Å²) in [5.74, 6) is 0.618. The van der Waals surface area contributed by atoms with Gasteiger partial charge < -0.3 is 14.9 Å². The number of aromatic nitrogens is 2. The van der Waals surface area contributed by atoms with Crippen LogP contribution in [0.2, 0.25) is 0 Å². The summed E-state index contributed by atoms with van der Waals surface area (Å²) in [7, 11) is 1.36. The van der Waals surface area contributed by atoms with Gasteiger partial charge in [-0.1, -0.05) is 0 Å². The third kappa shape index (κ3) is 2.13. The van der Waals surface area contributed by atoms with Crippen molar-refractivity contribution in [2.45, 2.75) is 6.54 Å². The van der Waals surface area contributed by atoms with Crippen LogP contribution in [0.3, 0.4) is 0 Å². The van der Waals surface area contributed by atoms with Crippen molar-refractivity contribution in [1.82, 2.24) is 10.2 Å². The molecular formula is C10H10N4O4. The van der Waals surface area contributed by atoms with Crippen LogP contribution >= 0.6 is 0 Å². The highest BCUT2D eigenvalue weighted by molar-refractivity contribution is 5.62. The number of nitrogens with zero attached hydrogens (tertiary/aromatic N) is 3. The van der Waals surface area contributed by atoms with Crippen LogP contribution in [-0.2, 0) is 6.54 Å². The second-order valence-electron chi connectivity index (χ2n) is 3.35. The van der Waals surface area contributed by atoms with Crippen molar-refractivity contribution in [3.05, 3.63) is 34.2 Å². The number of benzene rings is 1. The number of rotatable bonds is 4. The van der Waals surface area contributed by atoms with Gasteiger partial charge in [-0.25, -0.2) is 0 Å². The van der Waals surface area contributed by atoms with Gasteiger partial charge in [-0.2, -0.15) is 0 Å². The molecule has 1 aromatic heterocycles. The molecule has 0 fully saturated rings. The molecule has 1 aromatic carbocycles. The molecule has 0 atom stereocenters. The van der Waals surface area contributed by atoms with E-state index in [0.717, 1.165) is 0 Å². The Morgan fingerprint density at radius 2 is 2.28 bits per heavy atom. The summed E-state index contributed by atoms with van der Waals surface area (Å²) in [5.41, 5.74) is 5.62. The largest absolute Gasteiger partial charge is 0.490 e. The minimum Gasteiger partial charge on any atom is -0.490 e. The molecule has 1 heterocycles. The SMILES string of the molecule is COc1ccc(-c2nnc(CN)o2)cc1[N+](=O)[O-]. The molecule has 94 valence electrons. The van der Waals surface area contributed by atoms with Crippen molar-refractivity contribution >= 4 is 5.69 Å². The number of ether oxygens (including phenoxy) is 1. The number of nitro groups is 1. The topological polar surface area (TPSA) is 117 Å². The zero-order valence-corrected chi connectivity index (χ0v) is 9.49. The lowest BCUT2D eigenvalue weighted by molar-refractivity contribution is -0.385. The van der Waals surface area contributed by atoms with Crippen LogP contribution in [0.1, 0.15) is 5.89 Å². The van der Waals surface area contributed by atoms with Gasteiger partial charge in [0.25, 0.3) is 0 Å². The molecule has 0 radical (unpaired) electrons. The smallest absolute Gasteiger partial charge is 0.311 e. The predicted molar refractivity (Wildman–Crippen MR) is 60.8 cm³/mol. The third-order valence-corrected chi connectivity index (χ3v) is 2.26. The Kier molecular flexibility index (Phi) is 3.20. The fourth-order valence-corrected chi connectivity index (χ4v) is 1.42. The van der Waals surface area contributed by atoms with E-state index in [9.17, 15) is 10.1 Å². The van der Waals surface area contributed by atoms with Crippen molar-refractivity contribution in [3.8, 4) is 17.2 Å². The predicted octanol–water partition coefficient (Wildman–Crippen LogP) is 1.11. The van der Waals surface area contributed by atoms with Crippen molar-refractivity contribution in [1.29, 1.82) is 0 Å². The van der Waals surface area contributed by atoms with Crippen LogP contribution in [0.4, 0.5) is 5.69 Å². The van der Waals surface area contributed by atoms with Gasteiger partial charge in [0.05, 0.1) is 18.6 Å². The van der Waals surface area contributed by atoms with E-state index in [0.29, 0.717) is 5.56 Å². The van der Waals surface area contributed by atoms with Crippen molar-refractivity contribution in [2.75, 3.05) is 7.11 Å². The Labute approximate surface area is 102 Å². The van der Waals surface area contributed by atoms with E-state index in [1.807, 2.05) is 0 Å². The highest BCUT2D eigenvalue weighted by atomic mass is 16.6. The van der Waals surface area contributed by atoms with E-state index in [1.54, 1.807) is 6.07 Å². The molecule has 0 bridgehead atoms. The summed E-state index contributed by atoms with van der Waals surface area (Å²) < 4.78 is 10.1. The average Bonchev–Trinajstić information content (AvgIpc) is 2.86.